The predicted molar refractivity (Wildman–Crippen MR) is 108 cm³/mol. The van der Waals surface area contributed by atoms with Crippen LogP contribution in [0.15, 0.2) is 36.4 Å². The molecule has 0 unspecified atom stereocenters. The van der Waals surface area contributed by atoms with Gasteiger partial charge in [0, 0.05) is 31.5 Å². The van der Waals surface area contributed by atoms with Crippen molar-refractivity contribution in [3.8, 4) is 11.5 Å². The molecule has 1 aliphatic rings. The molecule has 0 radical (unpaired) electrons. The minimum Gasteiger partial charge on any atom is -0.493 e. The van der Waals surface area contributed by atoms with Gasteiger partial charge in [0.2, 0.25) is 5.91 Å². The molecular weight excluding hydrogens is 354 g/mol. The number of nitrogens with zero attached hydrogens (tertiary/aromatic N) is 1. The van der Waals surface area contributed by atoms with Crippen LogP contribution in [0.4, 0.5) is 0 Å². The number of ether oxygens (including phenoxy) is 2. The van der Waals surface area contributed by atoms with Crippen molar-refractivity contribution in [2.24, 2.45) is 0 Å². The van der Waals surface area contributed by atoms with Crippen LogP contribution in [0, 0.1) is 0 Å². The SMILES string of the molecule is CCc1ccc(C(=O)CCC(=O)N2CCc3cc(OC)c(OC)cc3C2)cc1. The first-order valence-corrected chi connectivity index (χ1v) is 9.69. The molecule has 0 saturated carbocycles. The van der Waals surface area contributed by atoms with Crippen LogP contribution in [0.1, 0.15) is 46.8 Å². The van der Waals surface area contributed by atoms with Gasteiger partial charge in [-0.1, -0.05) is 31.2 Å². The van der Waals surface area contributed by atoms with Gasteiger partial charge in [-0.15, -0.1) is 0 Å². The molecule has 0 bridgehead atoms. The van der Waals surface area contributed by atoms with Gasteiger partial charge in [0.25, 0.3) is 0 Å². The molecule has 0 N–H and O–H groups in total. The molecule has 0 fully saturated rings. The van der Waals surface area contributed by atoms with Crippen molar-refractivity contribution in [2.45, 2.75) is 39.2 Å². The van der Waals surface area contributed by atoms with E-state index in [0.29, 0.717) is 30.2 Å². The monoisotopic (exact) mass is 381 g/mol. The van der Waals surface area contributed by atoms with Crippen LogP contribution in [0.5, 0.6) is 11.5 Å². The second kappa shape index (κ2) is 8.91. The van der Waals surface area contributed by atoms with Gasteiger partial charge in [-0.25, -0.2) is 0 Å². The van der Waals surface area contributed by atoms with Crippen LogP contribution in [0.25, 0.3) is 0 Å². The average molecular weight is 381 g/mol. The Hall–Kier alpha value is -2.82. The van der Waals surface area contributed by atoms with E-state index in [9.17, 15) is 9.59 Å². The summed E-state index contributed by atoms with van der Waals surface area (Å²) >= 11 is 0. The number of hydrogen-bond acceptors (Lipinski definition) is 4. The quantitative estimate of drug-likeness (QED) is 0.685. The number of benzene rings is 2. The third-order valence-electron chi connectivity index (χ3n) is 5.32. The van der Waals surface area contributed by atoms with Crippen molar-refractivity contribution in [1.29, 1.82) is 0 Å². The van der Waals surface area contributed by atoms with Gasteiger partial charge in [-0.2, -0.15) is 0 Å². The van der Waals surface area contributed by atoms with Gasteiger partial charge >= 0.3 is 0 Å². The van der Waals surface area contributed by atoms with Crippen molar-refractivity contribution < 1.29 is 19.1 Å². The van der Waals surface area contributed by atoms with Crippen LogP contribution < -0.4 is 9.47 Å². The Balaban J connectivity index is 1.60. The first-order chi connectivity index (χ1) is 13.5. The van der Waals surface area contributed by atoms with Crippen molar-refractivity contribution in [2.75, 3.05) is 20.8 Å². The molecule has 0 saturated heterocycles. The molecule has 1 aliphatic heterocycles. The zero-order valence-corrected chi connectivity index (χ0v) is 16.8. The number of carbonyl (C=O) groups is 2. The summed E-state index contributed by atoms with van der Waals surface area (Å²) in [6.45, 7) is 3.27. The lowest BCUT2D eigenvalue weighted by molar-refractivity contribution is -0.132. The fourth-order valence-electron chi connectivity index (χ4n) is 3.55. The number of ketones is 1. The maximum Gasteiger partial charge on any atom is 0.223 e. The fourth-order valence-corrected chi connectivity index (χ4v) is 3.55. The summed E-state index contributed by atoms with van der Waals surface area (Å²) in [4.78, 5) is 26.8. The van der Waals surface area contributed by atoms with E-state index in [1.54, 1.807) is 14.2 Å². The highest BCUT2D eigenvalue weighted by atomic mass is 16.5. The summed E-state index contributed by atoms with van der Waals surface area (Å²) < 4.78 is 10.7. The minimum absolute atomic E-state index is 0.0129. The van der Waals surface area contributed by atoms with Crippen LogP contribution in [-0.2, 0) is 24.2 Å². The second-order valence-electron chi connectivity index (χ2n) is 7.01. The van der Waals surface area contributed by atoms with Gasteiger partial charge in [0.05, 0.1) is 14.2 Å². The van der Waals surface area contributed by atoms with Crippen molar-refractivity contribution in [1.82, 2.24) is 4.90 Å². The molecule has 1 amide bonds. The minimum atomic E-state index is 0.0129. The lowest BCUT2D eigenvalue weighted by Crippen LogP contribution is -2.36. The summed E-state index contributed by atoms with van der Waals surface area (Å²) in [5.41, 5.74) is 4.12. The van der Waals surface area contributed by atoms with E-state index < -0.39 is 0 Å². The number of hydrogen-bond donors (Lipinski definition) is 0. The topological polar surface area (TPSA) is 55.8 Å². The third kappa shape index (κ3) is 4.35. The molecule has 0 atom stereocenters. The summed E-state index contributed by atoms with van der Waals surface area (Å²) in [7, 11) is 3.23. The van der Waals surface area contributed by atoms with Gasteiger partial charge < -0.3 is 14.4 Å². The highest BCUT2D eigenvalue weighted by molar-refractivity contribution is 5.98. The molecule has 148 valence electrons. The Morgan fingerprint density at radius 3 is 2.21 bits per heavy atom. The summed E-state index contributed by atoms with van der Waals surface area (Å²) in [5.74, 6) is 1.40. The molecule has 5 nitrogen and oxygen atoms in total. The Morgan fingerprint density at radius 1 is 0.964 bits per heavy atom. The zero-order valence-electron chi connectivity index (χ0n) is 16.8. The van der Waals surface area contributed by atoms with Gasteiger partial charge in [-0.3, -0.25) is 9.59 Å². The lowest BCUT2D eigenvalue weighted by atomic mass is 9.98. The van der Waals surface area contributed by atoms with E-state index in [1.807, 2.05) is 41.3 Å². The smallest absolute Gasteiger partial charge is 0.223 e. The Kier molecular flexibility index (Phi) is 6.34. The number of amides is 1. The third-order valence-corrected chi connectivity index (χ3v) is 5.32. The summed E-state index contributed by atoms with van der Waals surface area (Å²) in [6, 6.07) is 11.6. The number of carbonyl (C=O) groups excluding carboxylic acids is 2. The van der Waals surface area contributed by atoms with Crippen LogP contribution in [-0.4, -0.2) is 37.4 Å². The van der Waals surface area contributed by atoms with E-state index in [2.05, 4.69) is 6.92 Å². The molecule has 5 heteroatoms. The van der Waals surface area contributed by atoms with Gasteiger partial charge in [-0.05, 0) is 41.7 Å². The Labute approximate surface area is 166 Å². The molecular formula is C23H27NO4. The predicted octanol–water partition coefficient (Wildman–Crippen LogP) is 3.81. The van der Waals surface area contributed by atoms with Crippen molar-refractivity contribution in [3.05, 3.63) is 58.7 Å². The average Bonchev–Trinajstić information content (AvgIpc) is 2.75. The van der Waals surface area contributed by atoms with E-state index >= 15 is 0 Å². The van der Waals surface area contributed by atoms with E-state index in [-0.39, 0.29) is 24.5 Å². The van der Waals surface area contributed by atoms with Crippen LogP contribution >= 0.6 is 0 Å². The van der Waals surface area contributed by atoms with Crippen molar-refractivity contribution >= 4 is 11.7 Å². The van der Waals surface area contributed by atoms with Gasteiger partial charge in [0.15, 0.2) is 17.3 Å². The molecule has 1 heterocycles. The fraction of sp³-hybridized carbons (Fsp3) is 0.391. The Morgan fingerprint density at radius 2 is 1.61 bits per heavy atom. The molecule has 3 rings (SSSR count). The zero-order chi connectivity index (χ0) is 20.1. The molecule has 0 spiro atoms. The summed E-state index contributed by atoms with van der Waals surface area (Å²) in [6.07, 6.45) is 2.19. The van der Waals surface area contributed by atoms with Crippen molar-refractivity contribution in [3.63, 3.8) is 0 Å². The Bertz CT molecular complexity index is 858. The first kappa shape index (κ1) is 19.9. The number of aryl methyl sites for hydroxylation is 1. The highest BCUT2D eigenvalue weighted by Gasteiger charge is 2.23. The largest absolute Gasteiger partial charge is 0.493 e. The van der Waals surface area contributed by atoms with E-state index in [0.717, 1.165) is 18.4 Å². The number of Topliss-reactive ketones (excluding diaryl/α,β-unsaturated/α-hetero) is 1. The second-order valence-corrected chi connectivity index (χ2v) is 7.01. The number of fused-ring (bicyclic) bond motifs is 1. The number of rotatable bonds is 7. The molecule has 0 aliphatic carbocycles. The number of methoxy groups -OCH3 is 2. The lowest BCUT2D eigenvalue weighted by Gasteiger charge is -2.29. The highest BCUT2D eigenvalue weighted by Crippen LogP contribution is 2.33. The van der Waals surface area contributed by atoms with Crippen LogP contribution in [0.2, 0.25) is 0 Å². The maximum absolute atomic E-state index is 12.6. The molecule has 2 aromatic rings. The van der Waals surface area contributed by atoms with Crippen LogP contribution in [0.3, 0.4) is 0 Å². The maximum atomic E-state index is 12.6. The summed E-state index contributed by atoms with van der Waals surface area (Å²) in [5, 5.41) is 0. The molecule has 2 aromatic carbocycles. The molecule has 0 aromatic heterocycles. The van der Waals surface area contributed by atoms with E-state index in [4.69, 9.17) is 9.47 Å². The van der Waals surface area contributed by atoms with E-state index in [1.165, 1.54) is 11.1 Å². The standard InChI is InChI=1S/C23H27NO4/c1-4-16-5-7-17(8-6-16)20(25)9-10-23(26)24-12-11-18-13-21(27-2)22(28-3)14-19(18)15-24/h5-8,13-14H,4,9-12,15H2,1-3H3. The normalized spacial score (nSPS) is 13.0. The first-order valence-electron chi connectivity index (χ1n) is 9.69. The molecule has 28 heavy (non-hydrogen) atoms. The van der Waals surface area contributed by atoms with Gasteiger partial charge in [0.1, 0.15) is 0 Å².